The van der Waals surface area contributed by atoms with Gasteiger partial charge in [0.15, 0.2) is 11.5 Å². The first kappa shape index (κ1) is 15.3. The molecule has 3 heterocycles. The number of rotatable bonds is 2. The van der Waals surface area contributed by atoms with E-state index in [0.29, 0.717) is 0 Å². The Bertz CT molecular complexity index is 1070. The number of anilines is 2. The zero-order valence-electron chi connectivity index (χ0n) is 15.2. The van der Waals surface area contributed by atoms with Crippen LogP contribution in [0.15, 0.2) is 34.9 Å². The van der Waals surface area contributed by atoms with Gasteiger partial charge in [0.25, 0.3) is 0 Å². The fourth-order valence-electron chi connectivity index (χ4n) is 4.93. The average molecular weight is 359 g/mol. The van der Waals surface area contributed by atoms with Crippen LogP contribution in [-0.2, 0) is 0 Å². The Labute approximate surface area is 157 Å². The number of carbonyl (C=O) groups excluding carboxylic acids is 1. The zero-order chi connectivity index (χ0) is 18.0. The van der Waals surface area contributed by atoms with Crippen LogP contribution in [0.4, 0.5) is 11.4 Å². The topological polar surface area (TPSA) is 49.6 Å². The van der Waals surface area contributed by atoms with Gasteiger partial charge in [-0.2, -0.15) is 0 Å². The molecule has 3 aliphatic rings. The molecule has 2 aliphatic heterocycles. The van der Waals surface area contributed by atoms with Crippen molar-refractivity contribution < 1.29 is 9.32 Å². The van der Waals surface area contributed by atoms with Gasteiger partial charge in [-0.15, -0.1) is 0 Å². The lowest BCUT2D eigenvalue weighted by Crippen LogP contribution is -2.24. The summed E-state index contributed by atoms with van der Waals surface area (Å²) < 4.78 is 5.84. The standard InChI is InChI=1S/C22H21N3O2/c26-21-14-7-1-2-8-15(14)22-19-18(21)16(24-9-3-4-10-24)13-17(20(19)23-27-22)25-11-5-6-12-25/h1-2,7-8,13H,3-6,9-12H2. The molecule has 2 saturated heterocycles. The van der Waals surface area contributed by atoms with Gasteiger partial charge in [0, 0.05) is 37.3 Å². The van der Waals surface area contributed by atoms with E-state index < -0.39 is 0 Å². The molecule has 0 bridgehead atoms. The molecule has 5 nitrogen and oxygen atoms in total. The van der Waals surface area contributed by atoms with E-state index in [-0.39, 0.29) is 5.78 Å². The maximum absolute atomic E-state index is 13.5. The molecule has 2 fully saturated rings. The van der Waals surface area contributed by atoms with Crippen LogP contribution in [-0.4, -0.2) is 37.1 Å². The van der Waals surface area contributed by atoms with Crippen molar-refractivity contribution in [2.75, 3.05) is 36.0 Å². The molecule has 2 aromatic carbocycles. The van der Waals surface area contributed by atoms with Gasteiger partial charge in [-0.25, -0.2) is 0 Å². The van der Waals surface area contributed by atoms with Crippen LogP contribution in [0.5, 0.6) is 0 Å². The molecule has 27 heavy (non-hydrogen) atoms. The molecule has 3 aromatic rings. The summed E-state index contributed by atoms with van der Waals surface area (Å²) in [6.07, 6.45) is 4.76. The fraction of sp³-hybridized carbons (Fsp3) is 0.364. The minimum atomic E-state index is 0.0983. The molecule has 0 spiro atoms. The smallest absolute Gasteiger partial charge is 0.196 e. The summed E-state index contributed by atoms with van der Waals surface area (Å²) in [7, 11) is 0. The highest BCUT2D eigenvalue weighted by Crippen LogP contribution is 2.47. The highest BCUT2D eigenvalue weighted by molar-refractivity contribution is 6.28. The van der Waals surface area contributed by atoms with Crippen molar-refractivity contribution in [1.82, 2.24) is 5.16 Å². The largest absolute Gasteiger partial charge is 0.371 e. The number of ketones is 1. The van der Waals surface area contributed by atoms with E-state index in [0.717, 1.165) is 70.9 Å². The number of nitrogens with zero attached hydrogens (tertiary/aromatic N) is 3. The maximum Gasteiger partial charge on any atom is 0.196 e. The highest BCUT2D eigenvalue weighted by atomic mass is 16.5. The van der Waals surface area contributed by atoms with Gasteiger partial charge in [-0.05, 0) is 31.7 Å². The van der Waals surface area contributed by atoms with Gasteiger partial charge in [-0.1, -0.05) is 29.4 Å². The summed E-state index contributed by atoms with van der Waals surface area (Å²) in [5.74, 6) is 0.845. The van der Waals surface area contributed by atoms with Crippen molar-refractivity contribution in [3.05, 3.63) is 41.5 Å². The van der Waals surface area contributed by atoms with Crippen molar-refractivity contribution >= 4 is 28.1 Å². The average Bonchev–Trinajstić information content (AvgIpc) is 3.47. The van der Waals surface area contributed by atoms with Gasteiger partial charge in [-0.3, -0.25) is 4.79 Å². The van der Waals surface area contributed by atoms with Gasteiger partial charge in [0.2, 0.25) is 0 Å². The Hall–Kier alpha value is -2.82. The Kier molecular flexibility index (Phi) is 3.16. The lowest BCUT2D eigenvalue weighted by molar-refractivity contribution is 0.104. The third-order valence-corrected chi connectivity index (χ3v) is 6.25. The van der Waals surface area contributed by atoms with Gasteiger partial charge < -0.3 is 14.3 Å². The van der Waals surface area contributed by atoms with Gasteiger partial charge in [0.05, 0.1) is 22.3 Å². The number of aromatic nitrogens is 1. The van der Waals surface area contributed by atoms with E-state index in [1.54, 1.807) is 0 Å². The summed E-state index contributed by atoms with van der Waals surface area (Å²) in [6, 6.07) is 9.94. The maximum atomic E-state index is 13.5. The van der Waals surface area contributed by atoms with Gasteiger partial charge in [0.1, 0.15) is 5.52 Å². The molecule has 136 valence electrons. The Morgan fingerprint density at radius 1 is 0.852 bits per heavy atom. The van der Waals surface area contributed by atoms with Crippen LogP contribution in [0.3, 0.4) is 0 Å². The molecule has 0 N–H and O–H groups in total. The Morgan fingerprint density at radius 2 is 1.48 bits per heavy atom. The molecule has 6 rings (SSSR count). The third kappa shape index (κ3) is 2.05. The molecular formula is C22H21N3O2. The van der Waals surface area contributed by atoms with Crippen LogP contribution in [0.25, 0.3) is 22.2 Å². The van der Waals surface area contributed by atoms with Crippen molar-refractivity contribution in [3.63, 3.8) is 0 Å². The molecule has 1 aliphatic carbocycles. The number of hydrogen-bond acceptors (Lipinski definition) is 5. The summed E-state index contributed by atoms with van der Waals surface area (Å²) in [6.45, 7) is 4.10. The third-order valence-electron chi connectivity index (χ3n) is 6.25. The van der Waals surface area contributed by atoms with Crippen LogP contribution in [0.1, 0.15) is 41.6 Å². The Morgan fingerprint density at radius 3 is 2.19 bits per heavy atom. The molecule has 0 radical (unpaired) electrons. The lowest BCUT2D eigenvalue weighted by atomic mass is 9.86. The molecule has 0 unspecified atom stereocenters. The SMILES string of the molecule is O=C1c2ccccc2-c2onc3c(N4CCCC4)cc(N4CCCC4)c1c23. The van der Waals surface area contributed by atoms with Crippen molar-refractivity contribution in [2.45, 2.75) is 25.7 Å². The minimum Gasteiger partial charge on any atom is -0.371 e. The summed E-state index contributed by atoms with van der Waals surface area (Å²) >= 11 is 0. The van der Waals surface area contributed by atoms with E-state index >= 15 is 0 Å². The van der Waals surface area contributed by atoms with Crippen molar-refractivity contribution in [2.24, 2.45) is 0 Å². The molecule has 0 amide bonds. The molecule has 0 atom stereocenters. The molecular weight excluding hydrogens is 338 g/mol. The Balaban J connectivity index is 1.70. The number of fused-ring (bicyclic) bond motifs is 2. The number of benzene rings is 2. The molecule has 1 aromatic heterocycles. The fourth-order valence-corrected chi connectivity index (χ4v) is 4.93. The summed E-state index contributed by atoms with van der Waals surface area (Å²) in [5, 5.41) is 5.36. The van der Waals surface area contributed by atoms with E-state index in [4.69, 9.17) is 4.52 Å². The highest BCUT2D eigenvalue weighted by Gasteiger charge is 2.35. The number of hydrogen-bond donors (Lipinski definition) is 0. The second kappa shape index (κ2) is 5.59. The van der Waals surface area contributed by atoms with Crippen LogP contribution < -0.4 is 9.80 Å². The molecule has 0 saturated carbocycles. The van der Waals surface area contributed by atoms with E-state index in [1.807, 2.05) is 24.3 Å². The first-order valence-electron chi connectivity index (χ1n) is 9.93. The van der Waals surface area contributed by atoms with Crippen LogP contribution >= 0.6 is 0 Å². The first-order chi connectivity index (χ1) is 13.3. The molecule has 5 heteroatoms. The van der Waals surface area contributed by atoms with Crippen LogP contribution in [0, 0.1) is 0 Å². The summed E-state index contributed by atoms with van der Waals surface area (Å²) in [4.78, 5) is 18.3. The van der Waals surface area contributed by atoms with E-state index in [2.05, 4.69) is 21.0 Å². The van der Waals surface area contributed by atoms with Crippen LogP contribution in [0.2, 0.25) is 0 Å². The second-order valence-electron chi connectivity index (χ2n) is 7.79. The quantitative estimate of drug-likeness (QED) is 0.536. The monoisotopic (exact) mass is 359 g/mol. The predicted octanol–water partition coefficient (Wildman–Crippen LogP) is 4.24. The first-order valence-corrected chi connectivity index (χ1v) is 9.93. The lowest BCUT2D eigenvalue weighted by Gasteiger charge is -2.27. The second-order valence-corrected chi connectivity index (χ2v) is 7.79. The normalized spacial score (nSPS) is 18.6. The minimum absolute atomic E-state index is 0.0983. The van der Waals surface area contributed by atoms with Crippen molar-refractivity contribution in [1.29, 1.82) is 0 Å². The summed E-state index contributed by atoms with van der Waals surface area (Å²) in [5.41, 5.74) is 5.39. The predicted molar refractivity (Wildman–Crippen MR) is 106 cm³/mol. The zero-order valence-corrected chi connectivity index (χ0v) is 15.2. The van der Waals surface area contributed by atoms with E-state index in [9.17, 15) is 4.79 Å². The van der Waals surface area contributed by atoms with E-state index in [1.165, 1.54) is 25.7 Å². The van der Waals surface area contributed by atoms with Gasteiger partial charge >= 0.3 is 0 Å². The van der Waals surface area contributed by atoms with Crippen molar-refractivity contribution in [3.8, 4) is 11.3 Å². The number of carbonyl (C=O) groups is 1.